The fourth-order valence-corrected chi connectivity index (χ4v) is 6.32. The van der Waals surface area contributed by atoms with Crippen LogP contribution in [-0.2, 0) is 22.9 Å². The Morgan fingerprint density at radius 2 is 0.938 bits per heavy atom. The Balaban J connectivity index is 0. The van der Waals surface area contributed by atoms with Crippen molar-refractivity contribution in [2.45, 2.75) is 86.4 Å². The summed E-state index contributed by atoms with van der Waals surface area (Å²) in [7, 11) is 0. The van der Waals surface area contributed by atoms with Crippen LogP contribution in [0.2, 0.25) is 8.35 Å². The van der Waals surface area contributed by atoms with Crippen LogP contribution in [0.1, 0.15) is 78.1 Å². The van der Waals surface area contributed by atoms with Gasteiger partial charge in [0.1, 0.15) is 0 Å². The van der Waals surface area contributed by atoms with Crippen molar-refractivity contribution >= 4 is 0 Å². The minimum atomic E-state index is -0.114. The van der Waals surface area contributed by atoms with Crippen LogP contribution in [0, 0.1) is 0 Å². The maximum Gasteiger partial charge on any atom is -0.412 e. The second-order valence-corrected chi connectivity index (χ2v) is 9.97. The smallest absolute Gasteiger partial charge is 0.412 e. The van der Waals surface area contributed by atoms with E-state index in [9.17, 15) is 0 Å². The van der Waals surface area contributed by atoms with E-state index < -0.39 is 0 Å². The van der Waals surface area contributed by atoms with Crippen LogP contribution in [0.5, 0.6) is 0 Å². The maximum atomic E-state index is 2.30. The van der Waals surface area contributed by atoms with Crippen LogP contribution in [0.3, 0.4) is 0 Å². The normalized spacial score (nSPS) is 9.88. The minimum absolute atomic E-state index is 0. The molecule has 0 aromatic heterocycles. The van der Waals surface area contributed by atoms with E-state index in [1.54, 1.807) is 21.2 Å². The average Bonchev–Trinajstić information content (AvgIpc) is 2.26. The van der Waals surface area contributed by atoms with Gasteiger partial charge < -0.3 is 5.48 Å². The first-order valence-corrected chi connectivity index (χ1v) is 12.2. The molecule has 0 aromatic carbocycles. The molecule has 0 aromatic rings. The molecular weight excluding hydrogens is 363 g/mol. The maximum absolute atomic E-state index is 2.30. The van der Waals surface area contributed by atoms with Gasteiger partial charge in [-0.25, -0.2) is 0 Å². The van der Waals surface area contributed by atoms with Crippen LogP contribution < -0.4 is 0 Å². The molecule has 0 rings (SSSR count). The molecule has 2 N–H and O–H groups in total. The molecule has 0 spiro atoms. The fraction of sp³-hybridized carbons (Fsp3) is 1.00. The van der Waals surface area contributed by atoms with Gasteiger partial charge in [0.05, 0.1) is 0 Å². The summed E-state index contributed by atoms with van der Waals surface area (Å²) in [4.78, 5) is 0. The van der Waals surface area contributed by atoms with Gasteiger partial charge in [0.25, 0.3) is 0 Å². The molecule has 0 aliphatic carbocycles. The molecule has 98 valence electrons. The van der Waals surface area contributed by atoms with E-state index in [1.807, 2.05) is 0 Å². The van der Waals surface area contributed by atoms with Gasteiger partial charge >= 0.3 is 109 Å². The average molecular weight is 395 g/mol. The Bertz CT molecular complexity index is 94.9. The number of hydrogen-bond acceptors (Lipinski definition) is 0. The zero-order valence-electron chi connectivity index (χ0n) is 11.5. The molecule has 0 bridgehead atoms. The first-order chi connectivity index (χ1) is 7.41. The molecule has 16 heavy (non-hydrogen) atoms. The molecule has 0 amide bonds. The molecular formula is C14H32HfO. The van der Waals surface area contributed by atoms with Crippen molar-refractivity contribution in [2.24, 2.45) is 0 Å². The second kappa shape index (κ2) is 18.2. The predicted octanol–water partition coefficient (Wildman–Crippen LogP) is 5.02. The first-order valence-electron chi connectivity index (χ1n) is 7.12. The summed E-state index contributed by atoms with van der Waals surface area (Å²) in [6.45, 7) is 4.60. The van der Waals surface area contributed by atoms with E-state index in [0.29, 0.717) is 0 Å². The Labute approximate surface area is 114 Å². The molecule has 1 nitrogen and oxygen atoms in total. The summed E-state index contributed by atoms with van der Waals surface area (Å²) < 4.78 is 3.36. The zero-order valence-corrected chi connectivity index (χ0v) is 15.1. The summed E-state index contributed by atoms with van der Waals surface area (Å²) in [5.74, 6) is 0. The first kappa shape index (κ1) is 19.2. The minimum Gasteiger partial charge on any atom is -0.412 e. The number of unbranched alkanes of at least 4 members (excludes halogenated alkanes) is 8. The van der Waals surface area contributed by atoms with E-state index in [0.717, 1.165) is 0 Å². The molecule has 0 heterocycles. The summed E-state index contributed by atoms with van der Waals surface area (Å²) >= 11 is -0.114. The van der Waals surface area contributed by atoms with Gasteiger partial charge in [-0.2, -0.15) is 0 Å². The van der Waals surface area contributed by atoms with E-state index >= 15 is 0 Å². The van der Waals surface area contributed by atoms with Gasteiger partial charge in [-0.3, -0.25) is 0 Å². The Morgan fingerprint density at radius 1 is 0.562 bits per heavy atom. The molecule has 0 aliphatic heterocycles. The van der Waals surface area contributed by atoms with Crippen LogP contribution in [0.4, 0.5) is 0 Å². The summed E-state index contributed by atoms with van der Waals surface area (Å²) in [6.07, 6.45) is 14.9. The van der Waals surface area contributed by atoms with Crippen molar-refractivity contribution < 1.29 is 28.4 Å². The molecule has 0 aliphatic rings. The van der Waals surface area contributed by atoms with Crippen molar-refractivity contribution in [3.8, 4) is 0 Å². The molecule has 0 saturated carbocycles. The fourth-order valence-electron chi connectivity index (χ4n) is 1.83. The monoisotopic (exact) mass is 396 g/mol. The number of hydrogen-bond donors (Lipinski definition) is 0. The van der Waals surface area contributed by atoms with Gasteiger partial charge in [0, 0.05) is 0 Å². The van der Waals surface area contributed by atoms with E-state index in [1.165, 1.54) is 51.4 Å². The molecule has 0 saturated heterocycles. The van der Waals surface area contributed by atoms with Gasteiger partial charge in [-0.1, -0.05) is 0 Å². The van der Waals surface area contributed by atoms with E-state index in [4.69, 9.17) is 0 Å². The third-order valence-electron chi connectivity index (χ3n) is 2.91. The molecule has 2 heteroatoms. The standard InChI is InChI=1S/2C7H15.Hf.H2O/c2*1-3-5-7-6-4-2;;/h2*1,3-7H2,2H3;;1H2. The quantitative estimate of drug-likeness (QED) is 0.329. The van der Waals surface area contributed by atoms with Gasteiger partial charge in [-0.05, 0) is 0 Å². The van der Waals surface area contributed by atoms with Crippen molar-refractivity contribution in [2.75, 3.05) is 0 Å². The van der Waals surface area contributed by atoms with Crippen molar-refractivity contribution in [1.82, 2.24) is 0 Å². The van der Waals surface area contributed by atoms with Gasteiger partial charge in [0.2, 0.25) is 0 Å². The topological polar surface area (TPSA) is 31.5 Å². The predicted molar refractivity (Wildman–Crippen MR) is 70.7 cm³/mol. The largest absolute Gasteiger partial charge is 0.412 e. The molecule has 0 unspecified atom stereocenters. The van der Waals surface area contributed by atoms with E-state index in [2.05, 4.69) is 13.8 Å². The van der Waals surface area contributed by atoms with Crippen molar-refractivity contribution in [1.29, 1.82) is 0 Å². The van der Waals surface area contributed by atoms with Crippen LogP contribution in [-0.4, -0.2) is 5.48 Å². The van der Waals surface area contributed by atoms with Crippen molar-refractivity contribution in [3.63, 3.8) is 0 Å². The van der Waals surface area contributed by atoms with Crippen LogP contribution in [0.25, 0.3) is 0 Å². The Hall–Kier alpha value is 0.830. The molecule has 0 radical (unpaired) electrons. The summed E-state index contributed by atoms with van der Waals surface area (Å²) in [5, 5.41) is 0. The second-order valence-electron chi connectivity index (χ2n) is 4.58. The number of rotatable bonds is 12. The molecule has 0 fully saturated rings. The third-order valence-corrected chi connectivity index (χ3v) is 8.00. The zero-order chi connectivity index (χ0) is 11.2. The SMILES string of the molecule is CCCCCC[CH2][Hf][CH2]CCCCCC.O. The van der Waals surface area contributed by atoms with Crippen LogP contribution in [0.15, 0.2) is 0 Å². The summed E-state index contributed by atoms with van der Waals surface area (Å²) in [6, 6.07) is 0. The van der Waals surface area contributed by atoms with Crippen molar-refractivity contribution in [3.05, 3.63) is 0 Å². The molecule has 0 atom stereocenters. The van der Waals surface area contributed by atoms with E-state index in [-0.39, 0.29) is 28.4 Å². The van der Waals surface area contributed by atoms with Gasteiger partial charge in [0.15, 0.2) is 0 Å². The Morgan fingerprint density at radius 3 is 1.31 bits per heavy atom. The summed E-state index contributed by atoms with van der Waals surface area (Å²) in [5.41, 5.74) is 0. The van der Waals surface area contributed by atoms with Gasteiger partial charge in [-0.15, -0.1) is 0 Å². The van der Waals surface area contributed by atoms with Crippen LogP contribution >= 0.6 is 0 Å². The Kier molecular flexibility index (Phi) is 21.8. The third kappa shape index (κ3) is 17.2.